The zero-order valence-corrected chi connectivity index (χ0v) is 18.3. The first-order valence-electron chi connectivity index (χ1n) is 10.1. The minimum absolute atomic E-state index is 0.0596. The van der Waals surface area contributed by atoms with Gasteiger partial charge in [-0.3, -0.25) is 4.79 Å². The Labute approximate surface area is 186 Å². The normalized spacial score (nSPS) is 10.6. The fourth-order valence-electron chi connectivity index (χ4n) is 3.17. The molecule has 31 heavy (non-hydrogen) atoms. The van der Waals surface area contributed by atoms with Gasteiger partial charge in [0.05, 0.1) is 11.4 Å². The maximum absolute atomic E-state index is 12.2. The molecule has 4 rings (SSSR count). The fraction of sp³-hybridized carbons (Fsp3) is 0.115. The summed E-state index contributed by atoms with van der Waals surface area (Å²) in [6.45, 7) is 4.09. The third-order valence-corrected chi connectivity index (χ3v) is 5.99. The second-order valence-corrected chi connectivity index (χ2v) is 8.33. The second kappa shape index (κ2) is 9.58. The van der Waals surface area contributed by atoms with Crippen molar-refractivity contribution >= 4 is 23.4 Å². The Balaban J connectivity index is 1.34. The molecule has 5 heteroatoms. The van der Waals surface area contributed by atoms with Crippen molar-refractivity contribution < 1.29 is 4.79 Å². The van der Waals surface area contributed by atoms with Crippen LogP contribution < -0.4 is 5.32 Å². The van der Waals surface area contributed by atoms with Crippen molar-refractivity contribution in [2.45, 2.75) is 18.9 Å². The molecule has 0 radical (unpaired) electrons. The first kappa shape index (κ1) is 20.8. The van der Waals surface area contributed by atoms with Gasteiger partial charge in [-0.2, -0.15) is 0 Å². The monoisotopic (exact) mass is 425 g/mol. The lowest BCUT2D eigenvalue weighted by Crippen LogP contribution is -2.14. The zero-order chi connectivity index (χ0) is 21.6. The number of nitrogens with one attached hydrogen (secondary N) is 1. The number of rotatable bonds is 6. The zero-order valence-electron chi connectivity index (χ0n) is 17.5. The second-order valence-electron chi connectivity index (χ2n) is 7.34. The van der Waals surface area contributed by atoms with E-state index in [9.17, 15) is 4.79 Å². The Hall–Kier alpha value is -3.44. The molecule has 1 aromatic heterocycles. The van der Waals surface area contributed by atoms with Gasteiger partial charge in [-0.15, -0.1) is 10.2 Å². The lowest BCUT2D eigenvalue weighted by atomic mass is 10.0. The van der Waals surface area contributed by atoms with E-state index in [1.54, 1.807) is 0 Å². The molecule has 0 bridgehead atoms. The Kier molecular flexibility index (Phi) is 6.43. The Morgan fingerprint density at radius 1 is 0.774 bits per heavy atom. The molecule has 0 saturated carbocycles. The van der Waals surface area contributed by atoms with E-state index in [1.807, 2.05) is 55.5 Å². The van der Waals surface area contributed by atoms with Crippen LogP contribution >= 0.6 is 11.8 Å². The van der Waals surface area contributed by atoms with E-state index < -0.39 is 0 Å². The van der Waals surface area contributed by atoms with Crippen molar-refractivity contribution in [1.82, 2.24) is 10.2 Å². The van der Waals surface area contributed by atoms with Crippen LogP contribution in [0.15, 0.2) is 90.0 Å². The van der Waals surface area contributed by atoms with Crippen molar-refractivity contribution in [2.75, 3.05) is 11.1 Å². The number of benzene rings is 3. The third kappa shape index (κ3) is 5.38. The molecule has 0 aliphatic carbocycles. The summed E-state index contributed by atoms with van der Waals surface area (Å²) in [5, 5.41) is 12.3. The fourth-order valence-corrected chi connectivity index (χ4v) is 3.78. The molecule has 0 aliphatic heterocycles. The van der Waals surface area contributed by atoms with Crippen molar-refractivity contribution in [2.24, 2.45) is 0 Å². The molecule has 0 aliphatic rings. The van der Waals surface area contributed by atoms with Gasteiger partial charge in [0.1, 0.15) is 5.03 Å². The number of thioether (sulfide) groups is 1. The molecule has 0 atom stereocenters. The summed E-state index contributed by atoms with van der Waals surface area (Å²) in [6, 6.07) is 28.3. The van der Waals surface area contributed by atoms with Gasteiger partial charge in [-0.25, -0.2) is 0 Å². The summed E-state index contributed by atoms with van der Waals surface area (Å²) in [5.41, 5.74) is 7.35. The molecule has 0 spiro atoms. The lowest BCUT2D eigenvalue weighted by molar-refractivity contribution is -0.113. The Bertz CT molecular complexity index is 1170. The maximum Gasteiger partial charge on any atom is 0.234 e. The smallest absolute Gasteiger partial charge is 0.234 e. The SMILES string of the molecule is Cc1ccc(NC(=O)CSc2ccc(-c3ccc(-c4ccccc4)cc3)nn2)cc1C. The third-order valence-electron chi connectivity index (χ3n) is 5.07. The van der Waals surface area contributed by atoms with Crippen molar-refractivity contribution in [3.8, 4) is 22.4 Å². The molecular formula is C26H23N3OS. The average molecular weight is 426 g/mol. The number of carbonyl (C=O) groups is 1. The van der Waals surface area contributed by atoms with Crippen molar-refractivity contribution in [3.05, 3.63) is 96.1 Å². The predicted molar refractivity (Wildman–Crippen MR) is 128 cm³/mol. The van der Waals surface area contributed by atoms with E-state index >= 15 is 0 Å². The largest absolute Gasteiger partial charge is 0.325 e. The molecule has 4 nitrogen and oxygen atoms in total. The van der Waals surface area contributed by atoms with E-state index in [4.69, 9.17) is 0 Å². The van der Waals surface area contributed by atoms with Gasteiger partial charge < -0.3 is 5.32 Å². The highest BCUT2D eigenvalue weighted by molar-refractivity contribution is 7.99. The number of hydrogen-bond donors (Lipinski definition) is 1. The van der Waals surface area contributed by atoms with Gasteiger partial charge >= 0.3 is 0 Å². The first-order chi connectivity index (χ1) is 15.1. The van der Waals surface area contributed by atoms with E-state index in [-0.39, 0.29) is 11.7 Å². The number of nitrogens with zero attached hydrogens (tertiary/aromatic N) is 2. The van der Waals surface area contributed by atoms with Crippen LogP contribution in [0.2, 0.25) is 0 Å². The summed E-state index contributed by atoms with van der Waals surface area (Å²) in [4.78, 5) is 12.2. The molecule has 0 saturated heterocycles. The maximum atomic E-state index is 12.2. The standard InChI is InChI=1S/C26H23N3OS/c1-18-8-13-23(16-19(18)2)27-25(30)17-31-26-15-14-24(28-29-26)22-11-9-21(10-12-22)20-6-4-3-5-7-20/h3-16H,17H2,1-2H3,(H,27,30). The number of amides is 1. The number of aryl methyl sites for hydroxylation is 2. The summed E-state index contributed by atoms with van der Waals surface area (Å²) in [6.07, 6.45) is 0. The van der Waals surface area contributed by atoms with Crippen molar-refractivity contribution in [3.63, 3.8) is 0 Å². The topological polar surface area (TPSA) is 54.9 Å². The Morgan fingerprint density at radius 2 is 1.48 bits per heavy atom. The summed E-state index contributed by atoms with van der Waals surface area (Å²) < 4.78 is 0. The molecule has 0 unspecified atom stereocenters. The minimum Gasteiger partial charge on any atom is -0.325 e. The van der Waals surface area contributed by atoms with Crippen LogP contribution in [0.1, 0.15) is 11.1 Å². The number of aromatic nitrogens is 2. The molecule has 3 aromatic carbocycles. The summed E-state index contributed by atoms with van der Waals surface area (Å²) in [5.74, 6) is 0.225. The highest BCUT2D eigenvalue weighted by atomic mass is 32.2. The molecule has 1 heterocycles. The van der Waals surface area contributed by atoms with Gasteiger partial charge in [0.15, 0.2) is 0 Å². The average Bonchev–Trinajstić information content (AvgIpc) is 2.81. The summed E-state index contributed by atoms with van der Waals surface area (Å²) >= 11 is 1.37. The molecule has 4 aromatic rings. The van der Waals surface area contributed by atoms with Gasteiger partial charge in [0.2, 0.25) is 5.91 Å². The molecule has 154 valence electrons. The molecule has 1 amide bonds. The lowest BCUT2D eigenvalue weighted by Gasteiger charge is -2.07. The van der Waals surface area contributed by atoms with Crippen molar-refractivity contribution in [1.29, 1.82) is 0 Å². The Morgan fingerprint density at radius 3 is 2.16 bits per heavy atom. The quantitative estimate of drug-likeness (QED) is 0.376. The molecule has 1 N–H and O–H groups in total. The van der Waals surface area contributed by atoms with Crippen LogP contribution in [0.3, 0.4) is 0 Å². The van der Waals surface area contributed by atoms with E-state index in [2.05, 4.69) is 58.8 Å². The van der Waals surface area contributed by atoms with Crippen LogP contribution in [0.5, 0.6) is 0 Å². The van der Waals surface area contributed by atoms with Gasteiger partial charge in [0.25, 0.3) is 0 Å². The van der Waals surface area contributed by atoms with Gasteiger partial charge in [-0.1, -0.05) is 72.4 Å². The van der Waals surface area contributed by atoms with E-state index in [1.165, 1.54) is 28.5 Å². The van der Waals surface area contributed by atoms with Crippen LogP contribution in [0.25, 0.3) is 22.4 Å². The predicted octanol–water partition coefficient (Wildman–Crippen LogP) is 6.16. The van der Waals surface area contributed by atoms with Gasteiger partial charge in [0, 0.05) is 11.3 Å². The van der Waals surface area contributed by atoms with Crippen LogP contribution in [-0.2, 0) is 4.79 Å². The van der Waals surface area contributed by atoms with Crippen LogP contribution in [0, 0.1) is 13.8 Å². The summed E-state index contributed by atoms with van der Waals surface area (Å²) in [7, 11) is 0. The van der Waals surface area contributed by atoms with E-state index in [0.717, 1.165) is 27.5 Å². The highest BCUT2D eigenvalue weighted by Gasteiger charge is 2.07. The molecule has 0 fully saturated rings. The van der Waals surface area contributed by atoms with Crippen LogP contribution in [0.4, 0.5) is 5.69 Å². The van der Waals surface area contributed by atoms with Crippen LogP contribution in [-0.4, -0.2) is 21.9 Å². The number of hydrogen-bond acceptors (Lipinski definition) is 4. The first-order valence-corrected chi connectivity index (χ1v) is 11.1. The van der Waals surface area contributed by atoms with Gasteiger partial charge in [-0.05, 0) is 60.4 Å². The number of anilines is 1. The minimum atomic E-state index is -0.0596. The molecular weight excluding hydrogens is 402 g/mol. The number of carbonyl (C=O) groups excluding carboxylic acids is 1. The van der Waals surface area contributed by atoms with E-state index in [0.29, 0.717) is 0 Å². The highest BCUT2D eigenvalue weighted by Crippen LogP contribution is 2.24.